The second-order valence-electron chi connectivity index (χ2n) is 8.59. The van der Waals surface area contributed by atoms with Crippen molar-refractivity contribution in [3.63, 3.8) is 0 Å². The number of benzene rings is 2. The van der Waals surface area contributed by atoms with Gasteiger partial charge in [0.2, 0.25) is 10.0 Å². The summed E-state index contributed by atoms with van der Waals surface area (Å²) >= 11 is 0. The number of aromatic amines is 1. The maximum absolute atomic E-state index is 13.8. The molecule has 1 N–H and O–H groups in total. The van der Waals surface area contributed by atoms with Crippen LogP contribution < -0.4 is 5.56 Å². The zero-order valence-corrected chi connectivity index (χ0v) is 20.3. The standard InChI is InChI=1S/C25H28N2O6S/c1-16-11-17(2)21-13-18(24(28)26-22(21)12-16)14-27(15-19-7-6-10-33-19)34(30,31)23-9-5-4-8-20(23)25(29)32-3/h4-5,8-9,11-13,19H,6-7,10,14-15H2,1-3H3,(H,26,28)/t19-/m1/s1. The largest absolute Gasteiger partial charge is 0.465 e. The molecule has 2 aromatic carbocycles. The summed E-state index contributed by atoms with van der Waals surface area (Å²) in [6, 6.07) is 11.6. The van der Waals surface area contributed by atoms with Crippen molar-refractivity contribution >= 4 is 26.9 Å². The molecule has 1 saturated heterocycles. The second kappa shape index (κ2) is 9.69. The number of nitrogens with zero attached hydrogens (tertiary/aromatic N) is 1. The Bertz CT molecular complexity index is 1390. The van der Waals surface area contributed by atoms with E-state index in [4.69, 9.17) is 9.47 Å². The number of aryl methyl sites for hydroxylation is 2. The number of carbonyl (C=O) groups excluding carboxylic acids is 1. The predicted octanol–water partition coefficient (Wildman–Crippen LogP) is 3.30. The van der Waals surface area contributed by atoms with Crippen LogP contribution in [0.5, 0.6) is 0 Å². The number of aromatic nitrogens is 1. The van der Waals surface area contributed by atoms with Gasteiger partial charge in [0.25, 0.3) is 5.56 Å². The molecule has 1 aliphatic rings. The van der Waals surface area contributed by atoms with Gasteiger partial charge in [-0.2, -0.15) is 4.31 Å². The van der Waals surface area contributed by atoms with Gasteiger partial charge in [0.1, 0.15) is 0 Å². The van der Waals surface area contributed by atoms with Crippen molar-refractivity contribution in [2.45, 2.75) is 44.2 Å². The van der Waals surface area contributed by atoms with Crippen LogP contribution in [0.15, 0.2) is 52.2 Å². The molecule has 0 unspecified atom stereocenters. The van der Waals surface area contributed by atoms with Crippen LogP contribution in [0.2, 0.25) is 0 Å². The smallest absolute Gasteiger partial charge is 0.339 e. The van der Waals surface area contributed by atoms with E-state index in [2.05, 4.69) is 4.98 Å². The number of esters is 1. The molecule has 0 radical (unpaired) electrons. The summed E-state index contributed by atoms with van der Waals surface area (Å²) in [7, 11) is -2.96. The van der Waals surface area contributed by atoms with E-state index in [1.54, 1.807) is 18.2 Å². The highest BCUT2D eigenvalue weighted by molar-refractivity contribution is 7.89. The number of ether oxygens (including phenoxy) is 2. The molecule has 8 nitrogen and oxygen atoms in total. The Balaban J connectivity index is 1.79. The van der Waals surface area contributed by atoms with Gasteiger partial charge < -0.3 is 14.5 Å². The molecule has 0 saturated carbocycles. The number of fused-ring (bicyclic) bond motifs is 1. The Hall–Kier alpha value is -3.01. The molecule has 2 heterocycles. The summed E-state index contributed by atoms with van der Waals surface area (Å²) < 4.78 is 39.3. The lowest BCUT2D eigenvalue weighted by atomic mass is 10.0. The molecule has 1 fully saturated rings. The van der Waals surface area contributed by atoms with E-state index in [1.807, 2.05) is 26.0 Å². The molecule has 1 atom stereocenters. The molecule has 9 heteroatoms. The van der Waals surface area contributed by atoms with E-state index >= 15 is 0 Å². The van der Waals surface area contributed by atoms with Crippen molar-refractivity contribution in [2.24, 2.45) is 0 Å². The van der Waals surface area contributed by atoms with E-state index in [-0.39, 0.29) is 35.2 Å². The van der Waals surface area contributed by atoms with Gasteiger partial charge in [0.05, 0.1) is 23.7 Å². The molecule has 180 valence electrons. The molecule has 1 aromatic heterocycles. The Kier molecular flexibility index (Phi) is 6.88. The number of hydrogen-bond acceptors (Lipinski definition) is 6. The molecule has 0 aliphatic carbocycles. The number of sulfonamides is 1. The molecule has 1 aliphatic heterocycles. The zero-order chi connectivity index (χ0) is 24.5. The van der Waals surface area contributed by atoms with Gasteiger partial charge in [-0.15, -0.1) is 0 Å². The van der Waals surface area contributed by atoms with Crippen molar-refractivity contribution in [3.8, 4) is 0 Å². The van der Waals surface area contributed by atoms with Gasteiger partial charge in [-0.05, 0) is 62.1 Å². The first-order valence-electron chi connectivity index (χ1n) is 11.1. The van der Waals surface area contributed by atoms with E-state index < -0.39 is 16.0 Å². The fourth-order valence-corrected chi connectivity index (χ4v) is 6.03. The molecule has 0 amide bonds. The summed E-state index contributed by atoms with van der Waals surface area (Å²) in [6.07, 6.45) is 1.27. The minimum absolute atomic E-state index is 0.0546. The quantitative estimate of drug-likeness (QED) is 0.516. The van der Waals surface area contributed by atoms with Crippen LogP contribution in [0.3, 0.4) is 0 Å². The lowest BCUT2D eigenvalue weighted by molar-refractivity contribution is 0.0596. The molecule has 0 bridgehead atoms. The zero-order valence-electron chi connectivity index (χ0n) is 19.5. The van der Waals surface area contributed by atoms with Crippen LogP contribution >= 0.6 is 0 Å². The summed E-state index contributed by atoms with van der Waals surface area (Å²) in [5.41, 5.74) is 2.62. The molecule has 0 spiro atoms. The summed E-state index contributed by atoms with van der Waals surface area (Å²) in [5, 5.41) is 0.852. The predicted molar refractivity (Wildman–Crippen MR) is 128 cm³/mol. The Labute approximate surface area is 198 Å². The third-order valence-electron chi connectivity index (χ3n) is 6.08. The topological polar surface area (TPSA) is 106 Å². The SMILES string of the molecule is COC(=O)c1ccccc1S(=O)(=O)N(Cc1cc2c(C)cc(C)cc2[nH]c1=O)C[C@H]1CCCO1. The van der Waals surface area contributed by atoms with Gasteiger partial charge >= 0.3 is 5.97 Å². The van der Waals surface area contributed by atoms with E-state index in [0.29, 0.717) is 17.7 Å². The van der Waals surface area contributed by atoms with Crippen LogP contribution in [0.4, 0.5) is 0 Å². The highest BCUT2D eigenvalue weighted by Gasteiger charge is 2.33. The van der Waals surface area contributed by atoms with Gasteiger partial charge in [0, 0.05) is 36.2 Å². The maximum atomic E-state index is 13.8. The van der Waals surface area contributed by atoms with E-state index in [9.17, 15) is 18.0 Å². The normalized spacial score (nSPS) is 16.3. The minimum atomic E-state index is -4.16. The first-order chi connectivity index (χ1) is 16.2. The number of pyridine rings is 1. The van der Waals surface area contributed by atoms with Crippen LogP contribution in [-0.2, 0) is 26.0 Å². The van der Waals surface area contributed by atoms with Crippen LogP contribution in [-0.4, -0.2) is 50.0 Å². The number of hydrogen-bond donors (Lipinski definition) is 1. The van der Waals surface area contributed by atoms with Crippen LogP contribution in [0.25, 0.3) is 10.9 Å². The molecule has 4 rings (SSSR count). The van der Waals surface area contributed by atoms with Crippen LogP contribution in [0.1, 0.15) is 39.9 Å². The Morgan fingerprint density at radius 3 is 2.68 bits per heavy atom. The van der Waals surface area contributed by atoms with Gasteiger partial charge in [-0.1, -0.05) is 18.2 Å². The summed E-state index contributed by atoms with van der Waals surface area (Å²) in [4.78, 5) is 27.9. The Morgan fingerprint density at radius 1 is 1.21 bits per heavy atom. The minimum Gasteiger partial charge on any atom is -0.465 e. The first-order valence-corrected chi connectivity index (χ1v) is 12.6. The fourth-order valence-electron chi connectivity index (χ4n) is 4.40. The van der Waals surface area contributed by atoms with Crippen molar-refractivity contribution in [1.29, 1.82) is 0 Å². The number of rotatable bonds is 7. The van der Waals surface area contributed by atoms with Crippen molar-refractivity contribution in [2.75, 3.05) is 20.3 Å². The molecule has 34 heavy (non-hydrogen) atoms. The van der Waals surface area contributed by atoms with Crippen molar-refractivity contribution in [1.82, 2.24) is 9.29 Å². The second-order valence-corrected chi connectivity index (χ2v) is 10.5. The van der Waals surface area contributed by atoms with Crippen LogP contribution in [0, 0.1) is 13.8 Å². The Morgan fingerprint density at radius 2 is 1.97 bits per heavy atom. The van der Waals surface area contributed by atoms with Gasteiger partial charge in [-0.25, -0.2) is 13.2 Å². The monoisotopic (exact) mass is 484 g/mol. The molecular weight excluding hydrogens is 456 g/mol. The van der Waals surface area contributed by atoms with E-state index in [1.165, 1.54) is 23.5 Å². The first kappa shape index (κ1) is 24.1. The number of carbonyl (C=O) groups is 1. The average molecular weight is 485 g/mol. The van der Waals surface area contributed by atoms with Crippen molar-refractivity contribution < 1.29 is 22.7 Å². The molecule has 3 aromatic rings. The lowest BCUT2D eigenvalue weighted by Gasteiger charge is -2.25. The van der Waals surface area contributed by atoms with E-state index in [0.717, 1.165) is 29.4 Å². The number of methoxy groups -OCH3 is 1. The molecular formula is C25H28N2O6S. The number of H-pyrrole nitrogens is 1. The number of nitrogens with one attached hydrogen (secondary N) is 1. The highest BCUT2D eigenvalue weighted by atomic mass is 32.2. The highest BCUT2D eigenvalue weighted by Crippen LogP contribution is 2.26. The fraction of sp³-hybridized carbons (Fsp3) is 0.360. The van der Waals surface area contributed by atoms with Crippen molar-refractivity contribution in [3.05, 3.63) is 75.1 Å². The summed E-state index contributed by atoms with van der Waals surface area (Å²) in [6.45, 7) is 4.38. The van der Waals surface area contributed by atoms with Gasteiger partial charge in [0.15, 0.2) is 0 Å². The maximum Gasteiger partial charge on any atom is 0.339 e. The summed E-state index contributed by atoms with van der Waals surface area (Å²) in [5.74, 6) is -0.745. The van der Waals surface area contributed by atoms with Gasteiger partial charge in [-0.3, -0.25) is 4.79 Å². The third-order valence-corrected chi connectivity index (χ3v) is 7.95. The lowest BCUT2D eigenvalue weighted by Crippen LogP contribution is -2.39. The average Bonchev–Trinajstić information content (AvgIpc) is 3.32. The third kappa shape index (κ3) is 4.77.